The molecule has 39 heavy (non-hydrogen) atoms. The van der Waals surface area contributed by atoms with E-state index in [0.29, 0.717) is 18.5 Å². The van der Waals surface area contributed by atoms with Crippen LogP contribution >= 0.6 is 24.0 Å². The molecule has 1 aliphatic carbocycles. The number of hydrogen-bond acceptors (Lipinski definition) is 9. The molecule has 1 aliphatic heterocycles. The summed E-state index contributed by atoms with van der Waals surface area (Å²) in [6, 6.07) is 0.363. The third-order valence-electron chi connectivity index (χ3n) is 7.90. The Balaban J connectivity index is 0.000000276. The molecule has 0 aromatic carbocycles. The number of anilines is 1. The Morgan fingerprint density at radius 1 is 1.28 bits per heavy atom. The highest BCUT2D eigenvalue weighted by molar-refractivity contribution is 7.84. The highest BCUT2D eigenvalue weighted by Gasteiger charge is 2.37. The fraction of sp³-hybridized carbons (Fsp3) is 0.700. The van der Waals surface area contributed by atoms with Crippen LogP contribution in [0.3, 0.4) is 0 Å². The molecule has 222 valence electrons. The zero-order valence-corrected chi connectivity index (χ0v) is 26.9. The largest absolute Gasteiger partial charge is 0.476 e. The van der Waals surface area contributed by atoms with Gasteiger partial charge in [0.2, 0.25) is 5.90 Å². The Morgan fingerprint density at radius 3 is 2.54 bits per heavy atom. The summed E-state index contributed by atoms with van der Waals surface area (Å²) < 4.78 is 11.2. The van der Waals surface area contributed by atoms with Gasteiger partial charge in [-0.3, -0.25) is 10.3 Å². The fourth-order valence-corrected chi connectivity index (χ4v) is 7.47. The van der Waals surface area contributed by atoms with Crippen LogP contribution < -0.4 is 17.2 Å². The number of hydrogen-bond donors (Lipinski definition) is 5. The number of fused-ring (bicyclic) bond motifs is 1. The molecule has 1 aromatic heterocycles. The van der Waals surface area contributed by atoms with E-state index in [-0.39, 0.29) is 29.4 Å². The monoisotopic (exact) mass is 579 g/mol. The van der Waals surface area contributed by atoms with E-state index in [1.165, 1.54) is 52.7 Å². The van der Waals surface area contributed by atoms with Gasteiger partial charge in [0.15, 0.2) is 5.88 Å². The Labute approximate surface area is 246 Å². The van der Waals surface area contributed by atoms with E-state index in [1.54, 1.807) is 11.3 Å². The van der Waals surface area contributed by atoms with Crippen LogP contribution in [0.25, 0.3) is 0 Å². The molecule has 1 saturated heterocycles. The second kappa shape index (κ2) is 15.4. The number of likely N-dealkylation sites (tertiary alicyclic amines) is 1. The maximum absolute atomic E-state index is 7.88. The average Bonchev–Trinajstić information content (AvgIpc) is 3.41. The van der Waals surface area contributed by atoms with Crippen LogP contribution in [-0.2, 0) is 21.3 Å². The van der Waals surface area contributed by atoms with Gasteiger partial charge >= 0.3 is 0 Å². The molecule has 3 rings (SSSR count). The van der Waals surface area contributed by atoms with Crippen molar-refractivity contribution in [3.05, 3.63) is 38.9 Å². The number of nitrogens with one attached hydrogen (secondary N) is 1. The molecule has 0 spiro atoms. The van der Waals surface area contributed by atoms with Crippen molar-refractivity contribution >= 4 is 34.9 Å². The molecule has 7 N–H and O–H groups in total. The quantitative estimate of drug-likeness (QED) is 0.0986. The van der Waals surface area contributed by atoms with Gasteiger partial charge in [-0.05, 0) is 101 Å². The van der Waals surface area contributed by atoms with Gasteiger partial charge in [0.05, 0.1) is 11.1 Å². The first-order chi connectivity index (χ1) is 18.3. The molecule has 2 heterocycles. The number of aryl methyl sites for hydroxylation is 1. The van der Waals surface area contributed by atoms with Gasteiger partial charge in [-0.25, -0.2) is 0 Å². The summed E-state index contributed by atoms with van der Waals surface area (Å²) in [5, 5.41) is 8.87. The highest BCUT2D eigenvalue weighted by atomic mass is 32.1. The summed E-state index contributed by atoms with van der Waals surface area (Å²) in [6.45, 7) is 14.6. The lowest BCUT2D eigenvalue weighted by molar-refractivity contribution is 0.100. The van der Waals surface area contributed by atoms with Crippen molar-refractivity contribution < 1.29 is 9.47 Å². The maximum Gasteiger partial charge on any atom is 0.211 e. The SMILES string of the molecule is CCC(CCN)O/C(N)=C/C(=N)O[C@@H](C)C1CCCN1C.Cc1c(N)sc2c1[C@@](C)(/C(S)=C/C(C)C)CCC2. The number of nitrogen functional groups attached to an aromatic ring is 1. The van der Waals surface area contributed by atoms with Gasteiger partial charge in [0.25, 0.3) is 0 Å². The van der Waals surface area contributed by atoms with Gasteiger partial charge in [0.1, 0.15) is 12.2 Å². The zero-order chi connectivity index (χ0) is 29.3. The van der Waals surface area contributed by atoms with Gasteiger partial charge in [-0.15, -0.1) is 24.0 Å². The smallest absolute Gasteiger partial charge is 0.211 e. The topological polar surface area (TPSA) is 124 Å². The third-order valence-corrected chi connectivity index (χ3v) is 9.72. The van der Waals surface area contributed by atoms with Crippen molar-refractivity contribution in [3.63, 3.8) is 0 Å². The second-order valence-corrected chi connectivity index (χ2v) is 13.1. The molecule has 4 atom stereocenters. The Hall–Kier alpha value is -1.68. The molecule has 0 bridgehead atoms. The Morgan fingerprint density at radius 2 is 1.97 bits per heavy atom. The number of likely N-dealkylation sites (N-methyl/N-ethyl adjacent to an activating group) is 1. The molecule has 0 saturated carbocycles. The number of ether oxygens (including phenoxy) is 2. The molecule has 1 aromatic rings. The van der Waals surface area contributed by atoms with Crippen molar-refractivity contribution in [2.24, 2.45) is 17.4 Å². The van der Waals surface area contributed by atoms with Crippen molar-refractivity contribution in [1.29, 1.82) is 5.41 Å². The summed E-state index contributed by atoms with van der Waals surface area (Å²) >= 11 is 6.58. The van der Waals surface area contributed by atoms with E-state index in [4.69, 9.17) is 44.7 Å². The molecule has 9 heteroatoms. The van der Waals surface area contributed by atoms with E-state index in [2.05, 4.69) is 45.7 Å². The third kappa shape index (κ3) is 9.17. The standard InChI is InChI=1S/C15H30N4O2.C15H23NS2/c1-4-12(7-8-16)21-15(18)10-14(17)20-11(2)13-6-5-9-19(13)3;1-9(2)8-12(17)15(4)7-5-6-11-13(15)10(3)14(16)18-11/h10-13,17H,4-9,16,18H2,1-3H3;8-9,17H,5-7,16H2,1-4H3/b15-10+,17-14?;12-8-/t11-,12?,13?;15-/m01/s1. The summed E-state index contributed by atoms with van der Waals surface area (Å²) in [5.41, 5.74) is 20.2. The predicted molar refractivity (Wildman–Crippen MR) is 171 cm³/mol. The molecule has 2 unspecified atom stereocenters. The predicted octanol–water partition coefficient (Wildman–Crippen LogP) is 6.11. The summed E-state index contributed by atoms with van der Waals surface area (Å²) in [6.07, 6.45) is 11.2. The van der Waals surface area contributed by atoms with Gasteiger partial charge in [-0.2, -0.15) is 0 Å². The Bertz CT molecular complexity index is 1010. The lowest BCUT2D eigenvalue weighted by atomic mass is 9.72. The number of thiophene rings is 1. The number of nitrogens with zero attached hydrogens (tertiary/aromatic N) is 1. The van der Waals surface area contributed by atoms with Crippen molar-refractivity contribution in [2.45, 2.75) is 110 Å². The Kier molecular flexibility index (Phi) is 13.2. The minimum Gasteiger partial charge on any atom is -0.476 e. The van der Waals surface area contributed by atoms with Gasteiger partial charge in [0, 0.05) is 16.3 Å². The first-order valence-corrected chi connectivity index (χ1v) is 15.7. The van der Waals surface area contributed by atoms with Crippen LogP contribution in [0.1, 0.15) is 89.1 Å². The molecular formula is C30H53N5O2S2. The zero-order valence-electron chi connectivity index (χ0n) is 25.2. The van der Waals surface area contributed by atoms with Gasteiger partial charge in [-0.1, -0.05) is 33.8 Å². The normalized spacial score (nSPS) is 23.6. The average molecular weight is 580 g/mol. The highest BCUT2D eigenvalue weighted by Crippen LogP contribution is 2.50. The first kappa shape index (κ1) is 33.5. The lowest BCUT2D eigenvalue weighted by Gasteiger charge is -2.36. The van der Waals surface area contributed by atoms with Gasteiger partial charge < -0.3 is 26.7 Å². The fourth-order valence-electron chi connectivity index (χ4n) is 5.70. The van der Waals surface area contributed by atoms with Crippen molar-refractivity contribution in [1.82, 2.24) is 4.90 Å². The van der Waals surface area contributed by atoms with E-state index in [0.717, 1.165) is 30.8 Å². The summed E-state index contributed by atoms with van der Waals surface area (Å²) in [5.74, 6) is 0.797. The summed E-state index contributed by atoms with van der Waals surface area (Å²) in [4.78, 5) is 4.96. The molecule has 0 radical (unpaired) electrons. The molecule has 0 amide bonds. The second-order valence-electron chi connectivity index (χ2n) is 11.5. The van der Waals surface area contributed by atoms with Crippen LogP contribution in [0.4, 0.5) is 5.00 Å². The number of allylic oxidation sites excluding steroid dienone is 2. The van der Waals surface area contributed by atoms with Crippen LogP contribution in [-0.4, -0.2) is 49.2 Å². The molecule has 1 fully saturated rings. The number of thiol groups is 1. The van der Waals surface area contributed by atoms with E-state index in [9.17, 15) is 0 Å². The van der Waals surface area contributed by atoms with Crippen LogP contribution in [0, 0.1) is 18.3 Å². The summed E-state index contributed by atoms with van der Waals surface area (Å²) in [7, 11) is 2.09. The van der Waals surface area contributed by atoms with E-state index < -0.39 is 0 Å². The maximum atomic E-state index is 7.88. The van der Waals surface area contributed by atoms with Crippen LogP contribution in [0.5, 0.6) is 0 Å². The molecular weight excluding hydrogens is 526 g/mol. The number of nitrogens with two attached hydrogens (primary N) is 3. The molecule has 2 aliphatic rings. The number of rotatable bonds is 10. The van der Waals surface area contributed by atoms with Crippen molar-refractivity contribution in [3.8, 4) is 0 Å². The first-order valence-electron chi connectivity index (χ1n) is 14.4. The minimum absolute atomic E-state index is 0.00237. The minimum atomic E-state index is -0.0277. The van der Waals surface area contributed by atoms with Crippen molar-refractivity contribution in [2.75, 3.05) is 25.9 Å². The van der Waals surface area contributed by atoms with E-state index >= 15 is 0 Å². The molecule has 7 nitrogen and oxygen atoms in total. The van der Waals surface area contributed by atoms with E-state index in [1.807, 2.05) is 13.8 Å². The lowest BCUT2D eigenvalue weighted by Crippen LogP contribution is -2.37. The van der Waals surface area contributed by atoms with Crippen LogP contribution in [0.15, 0.2) is 22.9 Å². The van der Waals surface area contributed by atoms with Crippen LogP contribution in [0.2, 0.25) is 0 Å².